The zero-order valence-electron chi connectivity index (χ0n) is 16.2. The number of anilines is 2. The lowest BCUT2D eigenvalue weighted by Crippen LogP contribution is -2.46. The molecule has 1 heterocycles. The molecule has 4 rings (SSSR count). The standard InChI is InChI=1S/C22H18Cl2N2O3S/c1-22(2)10-15-20(30-16-6-4-3-5-13(16)25-15)18(27)17(22)19(28)21(29)26-14-9-11(23)7-8-12(14)24/h3-9,17,25H,10H2,1-2H3,(H,26,29)/t17-/m0/s1. The Bertz CT molecular complexity index is 1130. The number of allylic oxidation sites excluding steroid dienone is 2. The molecule has 2 aromatic carbocycles. The van der Waals surface area contributed by atoms with Gasteiger partial charge in [0.1, 0.15) is 0 Å². The Hall–Kier alpha value is -2.28. The lowest BCUT2D eigenvalue weighted by molar-refractivity contribution is -0.144. The van der Waals surface area contributed by atoms with Crippen LogP contribution in [0.2, 0.25) is 10.0 Å². The number of halogens is 2. The number of benzene rings is 2. The number of rotatable bonds is 3. The zero-order chi connectivity index (χ0) is 21.6. The molecule has 1 aliphatic heterocycles. The Balaban J connectivity index is 1.62. The summed E-state index contributed by atoms with van der Waals surface area (Å²) in [5, 5.41) is 6.44. The minimum atomic E-state index is -1.09. The van der Waals surface area contributed by atoms with Gasteiger partial charge < -0.3 is 10.6 Å². The molecule has 2 aliphatic rings. The molecule has 0 bridgehead atoms. The van der Waals surface area contributed by atoms with Crippen LogP contribution in [0.5, 0.6) is 0 Å². The second-order valence-corrected chi connectivity index (χ2v) is 9.83. The molecule has 0 saturated carbocycles. The second kappa shape index (κ2) is 7.76. The molecule has 1 aliphatic carbocycles. The lowest BCUT2D eigenvalue weighted by Gasteiger charge is -2.40. The van der Waals surface area contributed by atoms with Crippen LogP contribution in [-0.4, -0.2) is 17.5 Å². The van der Waals surface area contributed by atoms with Gasteiger partial charge >= 0.3 is 0 Å². The maximum atomic E-state index is 13.3. The van der Waals surface area contributed by atoms with Crippen molar-refractivity contribution in [3.05, 3.63) is 63.1 Å². The summed E-state index contributed by atoms with van der Waals surface area (Å²) >= 11 is 13.4. The number of para-hydroxylation sites is 1. The molecule has 1 amide bonds. The molecule has 8 heteroatoms. The summed E-state index contributed by atoms with van der Waals surface area (Å²) in [6, 6.07) is 12.2. The van der Waals surface area contributed by atoms with Crippen molar-refractivity contribution in [2.75, 3.05) is 10.6 Å². The quantitative estimate of drug-likeness (QED) is 0.464. The van der Waals surface area contributed by atoms with E-state index in [1.165, 1.54) is 23.9 Å². The Kier molecular flexibility index (Phi) is 5.43. The highest BCUT2D eigenvalue weighted by atomic mass is 35.5. The Labute approximate surface area is 188 Å². The zero-order valence-corrected chi connectivity index (χ0v) is 18.5. The number of carbonyl (C=O) groups is 3. The highest BCUT2D eigenvalue weighted by Crippen LogP contribution is 2.50. The fourth-order valence-corrected chi connectivity index (χ4v) is 5.20. The summed E-state index contributed by atoms with van der Waals surface area (Å²) in [4.78, 5) is 40.5. The monoisotopic (exact) mass is 460 g/mol. The summed E-state index contributed by atoms with van der Waals surface area (Å²) in [5.74, 6) is -3.10. The van der Waals surface area contributed by atoms with Gasteiger partial charge in [0.25, 0.3) is 5.91 Å². The van der Waals surface area contributed by atoms with Crippen LogP contribution in [0.4, 0.5) is 11.4 Å². The van der Waals surface area contributed by atoms with E-state index >= 15 is 0 Å². The van der Waals surface area contributed by atoms with Crippen molar-refractivity contribution in [3.63, 3.8) is 0 Å². The maximum Gasteiger partial charge on any atom is 0.292 e. The first-order valence-electron chi connectivity index (χ1n) is 9.29. The molecule has 0 unspecified atom stereocenters. The molecule has 0 saturated heterocycles. The Morgan fingerprint density at radius 2 is 1.90 bits per heavy atom. The first-order chi connectivity index (χ1) is 14.2. The van der Waals surface area contributed by atoms with Crippen molar-refractivity contribution in [1.82, 2.24) is 0 Å². The number of thioether (sulfide) groups is 1. The number of fused-ring (bicyclic) bond motifs is 1. The van der Waals surface area contributed by atoms with E-state index in [1.807, 2.05) is 38.1 Å². The fourth-order valence-electron chi connectivity index (χ4n) is 3.80. The van der Waals surface area contributed by atoms with Gasteiger partial charge in [-0.3, -0.25) is 14.4 Å². The summed E-state index contributed by atoms with van der Waals surface area (Å²) < 4.78 is 0. The van der Waals surface area contributed by atoms with Crippen LogP contribution in [0.25, 0.3) is 0 Å². The first-order valence-corrected chi connectivity index (χ1v) is 10.9. The third kappa shape index (κ3) is 3.75. The Morgan fingerprint density at radius 3 is 2.67 bits per heavy atom. The molecule has 1 atom stereocenters. The van der Waals surface area contributed by atoms with Gasteiger partial charge in [-0.15, -0.1) is 0 Å². The third-order valence-electron chi connectivity index (χ3n) is 5.22. The summed E-state index contributed by atoms with van der Waals surface area (Å²) in [6.07, 6.45) is 0.469. The van der Waals surface area contributed by atoms with Crippen LogP contribution in [0.3, 0.4) is 0 Å². The number of Topliss-reactive ketones (excluding diaryl/α,β-unsaturated/α-hetero) is 2. The van der Waals surface area contributed by atoms with Crippen LogP contribution in [0, 0.1) is 11.3 Å². The molecule has 30 heavy (non-hydrogen) atoms. The van der Waals surface area contributed by atoms with E-state index < -0.39 is 23.0 Å². The van der Waals surface area contributed by atoms with E-state index in [0.29, 0.717) is 16.3 Å². The SMILES string of the molecule is CC1(C)CC2=C(Sc3ccccc3N2)C(=O)[C@H]1C(=O)C(=O)Nc1cc(Cl)ccc1Cl. The van der Waals surface area contributed by atoms with Crippen LogP contribution in [0.15, 0.2) is 58.0 Å². The van der Waals surface area contributed by atoms with Crippen molar-refractivity contribution in [1.29, 1.82) is 0 Å². The lowest BCUT2D eigenvalue weighted by atomic mass is 9.67. The third-order valence-corrected chi connectivity index (χ3v) is 7.01. The van der Waals surface area contributed by atoms with Gasteiger partial charge in [-0.1, -0.05) is 60.9 Å². The number of nitrogens with one attached hydrogen (secondary N) is 2. The molecule has 2 N–H and O–H groups in total. The van der Waals surface area contributed by atoms with E-state index in [-0.39, 0.29) is 16.5 Å². The van der Waals surface area contributed by atoms with Crippen molar-refractivity contribution >= 4 is 63.8 Å². The summed E-state index contributed by atoms with van der Waals surface area (Å²) in [6.45, 7) is 3.65. The van der Waals surface area contributed by atoms with Crippen LogP contribution in [0.1, 0.15) is 20.3 Å². The van der Waals surface area contributed by atoms with Gasteiger partial charge in [-0.25, -0.2) is 0 Å². The van der Waals surface area contributed by atoms with E-state index in [2.05, 4.69) is 10.6 Å². The molecule has 0 radical (unpaired) electrons. The average molecular weight is 461 g/mol. The highest BCUT2D eigenvalue weighted by molar-refractivity contribution is 8.04. The predicted octanol–water partition coefficient (Wildman–Crippen LogP) is 5.55. The van der Waals surface area contributed by atoms with E-state index in [0.717, 1.165) is 16.3 Å². The Morgan fingerprint density at radius 1 is 1.17 bits per heavy atom. The highest BCUT2D eigenvalue weighted by Gasteiger charge is 2.49. The van der Waals surface area contributed by atoms with Crippen LogP contribution >= 0.6 is 35.0 Å². The van der Waals surface area contributed by atoms with Gasteiger partial charge in [-0.2, -0.15) is 0 Å². The number of hydrogen-bond donors (Lipinski definition) is 2. The molecule has 154 valence electrons. The predicted molar refractivity (Wildman–Crippen MR) is 120 cm³/mol. The number of ketones is 2. The smallest absolute Gasteiger partial charge is 0.292 e. The normalized spacial score (nSPS) is 19.5. The number of carbonyl (C=O) groups excluding carboxylic acids is 3. The van der Waals surface area contributed by atoms with Gasteiger partial charge in [0.2, 0.25) is 5.78 Å². The van der Waals surface area contributed by atoms with Gasteiger partial charge in [-0.05, 0) is 42.2 Å². The van der Waals surface area contributed by atoms with Crippen LogP contribution < -0.4 is 10.6 Å². The second-order valence-electron chi connectivity index (χ2n) is 7.94. The number of amides is 1. The van der Waals surface area contributed by atoms with E-state index in [1.54, 1.807) is 6.07 Å². The van der Waals surface area contributed by atoms with Crippen LogP contribution in [-0.2, 0) is 14.4 Å². The summed E-state index contributed by atoms with van der Waals surface area (Å²) in [7, 11) is 0. The van der Waals surface area contributed by atoms with E-state index in [9.17, 15) is 14.4 Å². The van der Waals surface area contributed by atoms with Gasteiger partial charge in [0, 0.05) is 15.6 Å². The first kappa shape index (κ1) is 21.0. The average Bonchev–Trinajstić information content (AvgIpc) is 2.69. The topological polar surface area (TPSA) is 75.3 Å². The molecule has 0 aromatic heterocycles. The van der Waals surface area contributed by atoms with Crippen molar-refractivity contribution in [2.24, 2.45) is 11.3 Å². The van der Waals surface area contributed by atoms with Crippen molar-refractivity contribution in [3.8, 4) is 0 Å². The fraction of sp³-hybridized carbons (Fsp3) is 0.227. The minimum absolute atomic E-state index is 0.228. The minimum Gasteiger partial charge on any atom is -0.357 e. The maximum absolute atomic E-state index is 13.3. The molecular formula is C22H18Cl2N2O3S. The molecule has 0 spiro atoms. The van der Waals surface area contributed by atoms with E-state index in [4.69, 9.17) is 23.2 Å². The molecule has 0 fully saturated rings. The van der Waals surface area contributed by atoms with Gasteiger partial charge in [0.05, 0.1) is 27.2 Å². The summed E-state index contributed by atoms with van der Waals surface area (Å²) in [5.41, 5.74) is 1.22. The van der Waals surface area contributed by atoms with Crippen molar-refractivity contribution in [2.45, 2.75) is 25.2 Å². The van der Waals surface area contributed by atoms with Gasteiger partial charge in [0.15, 0.2) is 5.78 Å². The molecular weight excluding hydrogens is 443 g/mol. The number of hydrogen-bond acceptors (Lipinski definition) is 5. The largest absolute Gasteiger partial charge is 0.357 e. The van der Waals surface area contributed by atoms with Crippen molar-refractivity contribution < 1.29 is 14.4 Å². The molecule has 5 nitrogen and oxygen atoms in total. The molecule has 2 aromatic rings.